The molecular formula is C26H31N5O3. The quantitative estimate of drug-likeness (QED) is 0.593. The molecule has 2 heterocycles. The summed E-state index contributed by atoms with van der Waals surface area (Å²) in [6, 6.07) is 13.7. The molecule has 0 saturated carbocycles. The number of piperidine rings is 1. The Labute approximate surface area is 200 Å². The molecule has 0 aromatic heterocycles. The van der Waals surface area contributed by atoms with Gasteiger partial charge in [0.1, 0.15) is 0 Å². The fourth-order valence-corrected chi connectivity index (χ4v) is 4.35. The first-order chi connectivity index (χ1) is 16.5. The Morgan fingerprint density at radius 3 is 2.44 bits per heavy atom. The summed E-state index contributed by atoms with van der Waals surface area (Å²) in [7, 11) is 0. The minimum Gasteiger partial charge on any atom is -0.376 e. The van der Waals surface area contributed by atoms with Crippen molar-refractivity contribution >= 4 is 29.0 Å². The Kier molecular flexibility index (Phi) is 7.65. The third kappa shape index (κ3) is 6.06. The lowest BCUT2D eigenvalue weighted by atomic mass is 9.97. The van der Waals surface area contributed by atoms with Gasteiger partial charge in [0.05, 0.1) is 23.3 Å². The van der Waals surface area contributed by atoms with E-state index in [4.69, 9.17) is 10.00 Å². The highest BCUT2D eigenvalue weighted by molar-refractivity contribution is 6.04. The van der Waals surface area contributed by atoms with Crippen molar-refractivity contribution in [2.45, 2.75) is 38.7 Å². The van der Waals surface area contributed by atoms with Crippen LogP contribution in [0.3, 0.4) is 0 Å². The smallest absolute Gasteiger partial charge is 0.323 e. The highest BCUT2D eigenvalue weighted by atomic mass is 16.5. The first kappa shape index (κ1) is 23.6. The van der Waals surface area contributed by atoms with Crippen LogP contribution in [0, 0.1) is 17.2 Å². The number of anilines is 3. The number of rotatable bonds is 6. The number of benzene rings is 2. The summed E-state index contributed by atoms with van der Waals surface area (Å²) in [5, 5.41) is 17.5. The van der Waals surface area contributed by atoms with Crippen LogP contribution < -0.4 is 20.9 Å². The van der Waals surface area contributed by atoms with Crippen LogP contribution in [0.1, 0.15) is 48.5 Å². The monoisotopic (exact) mass is 461 g/mol. The van der Waals surface area contributed by atoms with Gasteiger partial charge in [0.25, 0.3) is 5.91 Å². The molecule has 2 aliphatic rings. The Hall–Kier alpha value is -3.57. The number of hydrogen-bond acceptors (Lipinski definition) is 5. The van der Waals surface area contributed by atoms with Crippen LogP contribution in [-0.2, 0) is 4.74 Å². The zero-order valence-electron chi connectivity index (χ0n) is 19.5. The molecular weight excluding hydrogens is 430 g/mol. The van der Waals surface area contributed by atoms with E-state index in [1.165, 1.54) is 0 Å². The predicted molar refractivity (Wildman–Crippen MR) is 132 cm³/mol. The molecule has 0 radical (unpaired) electrons. The Bertz CT molecular complexity index is 1050. The van der Waals surface area contributed by atoms with Crippen molar-refractivity contribution in [2.75, 3.05) is 41.8 Å². The highest BCUT2D eigenvalue weighted by Gasteiger charge is 2.23. The molecule has 2 aromatic carbocycles. The molecule has 3 N–H and O–H groups in total. The standard InChI is InChI=1S/C26H31N5O3/c1-18-10-12-31(13-11-18)24-9-8-21(15-23(24)25(32)28-17-22-3-2-14-34-22)30-26(33)29-20-6-4-19(16-27)5-7-20/h4-9,15,18,22H,2-3,10-14,17H2,1H3,(H,28,32)(H2,29,30,33). The lowest BCUT2D eigenvalue weighted by Gasteiger charge is -2.33. The Morgan fingerprint density at radius 1 is 1.06 bits per heavy atom. The number of nitrogens with one attached hydrogen (secondary N) is 3. The van der Waals surface area contributed by atoms with Crippen molar-refractivity contribution in [1.29, 1.82) is 5.26 Å². The van der Waals surface area contributed by atoms with Crippen LogP contribution in [0.2, 0.25) is 0 Å². The molecule has 0 bridgehead atoms. The largest absolute Gasteiger partial charge is 0.376 e. The molecule has 2 aromatic rings. The van der Waals surface area contributed by atoms with Crippen molar-refractivity contribution in [1.82, 2.24) is 5.32 Å². The maximum Gasteiger partial charge on any atom is 0.323 e. The molecule has 1 unspecified atom stereocenters. The average molecular weight is 462 g/mol. The lowest BCUT2D eigenvalue weighted by molar-refractivity contribution is 0.0858. The van der Waals surface area contributed by atoms with Crippen molar-refractivity contribution < 1.29 is 14.3 Å². The maximum absolute atomic E-state index is 13.2. The van der Waals surface area contributed by atoms with Crippen LogP contribution in [-0.4, -0.2) is 44.3 Å². The van der Waals surface area contributed by atoms with Gasteiger partial charge in [-0.3, -0.25) is 4.79 Å². The van der Waals surface area contributed by atoms with Gasteiger partial charge in [-0.15, -0.1) is 0 Å². The maximum atomic E-state index is 13.2. The molecule has 8 heteroatoms. The molecule has 2 saturated heterocycles. The van der Waals surface area contributed by atoms with Gasteiger partial charge in [0.15, 0.2) is 0 Å². The number of hydrogen-bond donors (Lipinski definition) is 3. The summed E-state index contributed by atoms with van der Waals surface area (Å²) < 4.78 is 5.64. The van der Waals surface area contributed by atoms with Crippen molar-refractivity contribution in [3.8, 4) is 6.07 Å². The second-order valence-electron chi connectivity index (χ2n) is 9.01. The van der Waals surface area contributed by atoms with Gasteiger partial charge in [-0.1, -0.05) is 6.92 Å². The lowest BCUT2D eigenvalue weighted by Crippen LogP contribution is -2.36. The number of urea groups is 1. The van der Waals surface area contributed by atoms with E-state index in [1.54, 1.807) is 30.3 Å². The van der Waals surface area contributed by atoms with E-state index in [2.05, 4.69) is 27.8 Å². The second-order valence-corrected chi connectivity index (χ2v) is 9.01. The number of nitriles is 1. The van der Waals surface area contributed by atoms with Crippen LogP contribution in [0.4, 0.5) is 21.9 Å². The van der Waals surface area contributed by atoms with E-state index < -0.39 is 6.03 Å². The van der Waals surface area contributed by atoms with Crippen molar-refractivity contribution in [2.24, 2.45) is 5.92 Å². The third-order valence-electron chi connectivity index (χ3n) is 6.41. The van der Waals surface area contributed by atoms with Crippen LogP contribution in [0.25, 0.3) is 0 Å². The summed E-state index contributed by atoms with van der Waals surface area (Å²) in [5.74, 6) is 0.514. The van der Waals surface area contributed by atoms with Gasteiger partial charge in [-0.25, -0.2) is 4.79 Å². The van der Waals surface area contributed by atoms with E-state index in [0.29, 0.717) is 35.0 Å². The minimum atomic E-state index is -0.421. The molecule has 3 amide bonds. The SMILES string of the molecule is CC1CCN(c2ccc(NC(=O)Nc3ccc(C#N)cc3)cc2C(=O)NCC2CCCO2)CC1. The topological polar surface area (TPSA) is 106 Å². The number of ether oxygens (including phenoxy) is 1. The van der Waals surface area contributed by atoms with Crippen LogP contribution in [0.5, 0.6) is 0 Å². The van der Waals surface area contributed by atoms with E-state index in [-0.39, 0.29) is 12.0 Å². The summed E-state index contributed by atoms with van der Waals surface area (Å²) >= 11 is 0. The van der Waals surface area contributed by atoms with Crippen molar-refractivity contribution in [3.05, 3.63) is 53.6 Å². The molecule has 1 atom stereocenters. The number of nitrogens with zero attached hydrogens (tertiary/aromatic N) is 2. The molecule has 2 aliphatic heterocycles. The molecule has 8 nitrogen and oxygen atoms in total. The van der Waals surface area contributed by atoms with Gasteiger partial charge in [-0.05, 0) is 74.1 Å². The van der Waals surface area contributed by atoms with Gasteiger partial charge in [0.2, 0.25) is 0 Å². The second kappa shape index (κ2) is 11.0. The fraction of sp³-hybridized carbons (Fsp3) is 0.423. The fourth-order valence-electron chi connectivity index (χ4n) is 4.35. The molecule has 34 heavy (non-hydrogen) atoms. The number of carbonyl (C=O) groups is 2. The first-order valence-corrected chi connectivity index (χ1v) is 11.9. The zero-order chi connectivity index (χ0) is 23.9. The summed E-state index contributed by atoms with van der Waals surface area (Å²) in [5.41, 5.74) is 3.05. The van der Waals surface area contributed by atoms with E-state index in [1.807, 2.05) is 18.2 Å². The van der Waals surface area contributed by atoms with E-state index >= 15 is 0 Å². The van der Waals surface area contributed by atoms with E-state index in [9.17, 15) is 9.59 Å². The van der Waals surface area contributed by atoms with Gasteiger partial charge >= 0.3 is 6.03 Å². The molecule has 0 aliphatic carbocycles. The number of carbonyl (C=O) groups excluding carboxylic acids is 2. The molecule has 178 valence electrons. The summed E-state index contributed by atoms with van der Waals surface area (Å²) in [6.07, 6.45) is 4.20. The summed E-state index contributed by atoms with van der Waals surface area (Å²) in [6.45, 7) is 5.28. The van der Waals surface area contributed by atoms with Crippen LogP contribution >= 0.6 is 0 Å². The van der Waals surface area contributed by atoms with Gasteiger partial charge < -0.3 is 25.6 Å². The summed E-state index contributed by atoms with van der Waals surface area (Å²) in [4.78, 5) is 27.9. The van der Waals surface area contributed by atoms with Crippen molar-refractivity contribution in [3.63, 3.8) is 0 Å². The zero-order valence-corrected chi connectivity index (χ0v) is 19.5. The van der Waals surface area contributed by atoms with Crippen LogP contribution in [0.15, 0.2) is 42.5 Å². The first-order valence-electron chi connectivity index (χ1n) is 11.9. The highest BCUT2D eigenvalue weighted by Crippen LogP contribution is 2.29. The predicted octanol–water partition coefficient (Wildman–Crippen LogP) is 4.35. The minimum absolute atomic E-state index is 0.0581. The third-order valence-corrected chi connectivity index (χ3v) is 6.41. The van der Waals surface area contributed by atoms with Gasteiger partial charge in [0, 0.05) is 43.3 Å². The Morgan fingerprint density at radius 2 is 1.76 bits per heavy atom. The molecule has 2 fully saturated rings. The normalized spacial score (nSPS) is 18.2. The Balaban J connectivity index is 1.48. The average Bonchev–Trinajstić information content (AvgIpc) is 3.37. The van der Waals surface area contributed by atoms with E-state index in [0.717, 1.165) is 51.1 Å². The van der Waals surface area contributed by atoms with Gasteiger partial charge in [-0.2, -0.15) is 5.26 Å². The molecule has 0 spiro atoms. The number of amides is 3. The molecule has 4 rings (SSSR count).